The Kier molecular flexibility index (Phi) is 2040. The van der Waals surface area contributed by atoms with E-state index in [2.05, 4.69) is 0 Å². The monoisotopic (exact) mass is 300 g/mol. The Hall–Kier alpha value is 3.09. The topological polar surface area (TPSA) is 0 Å². The van der Waals surface area contributed by atoms with Gasteiger partial charge in [-0.2, -0.15) is 0 Å². The maximum Gasteiger partial charge on any atom is 3.00 e. The summed E-state index contributed by atoms with van der Waals surface area (Å²) in [7, 11) is 0. The van der Waals surface area contributed by atoms with Gasteiger partial charge in [0.2, 0.25) is 0 Å². The van der Waals surface area contributed by atoms with E-state index in [1.165, 1.54) is 0 Å². The van der Waals surface area contributed by atoms with Crippen LogP contribution in [0.25, 0.3) is 0 Å². The van der Waals surface area contributed by atoms with E-state index in [-0.39, 0.29) is 122 Å². The van der Waals surface area contributed by atoms with Crippen LogP contribution in [0.1, 0.15) is 0 Å². The second kappa shape index (κ2) is 118. The fraction of sp³-hybridized carbons (Fsp3) is 0. The van der Waals surface area contributed by atoms with Crippen LogP contribution in [0.2, 0.25) is 0 Å². The molecular weight excluding hydrogens is 302 g/mol. The van der Waals surface area contributed by atoms with Crippen LogP contribution in [0.15, 0.2) is 0 Å². The zero-order valence-corrected chi connectivity index (χ0v) is 11.5. The molecule has 0 atom stereocenters. The number of halogens is 7. The fourth-order valence-electron chi connectivity index (χ4n) is 0. The van der Waals surface area contributed by atoms with E-state index in [0.29, 0.717) is 0 Å². The third kappa shape index (κ3) is 95.8. The van der Waals surface area contributed by atoms with Crippen molar-refractivity contribution < 1.29 is 74.4 Å². The average Bonchev–Trinajstić information content (AvgIpc) is 0. The summed E-state index contributed by atoms with van der Waals surface area (Å²) in [6.45, 7) is 0. The van der Waals surface area contributed by atoms with Crippen LogP contribution in [0.4, 0.5) is 0 Å². The molecular formula is HAl2Cl7. The molecule has 9 heteroatoms. The summed E-state index contributed by atoms with van der Waals surface area (Å²) in [6, 6.07) is 0. The van der Waals surface area contributed by atoms with Crippen molar-refractivity contribution >= 4 is 47.1 Å². The van der Waals surface area contributed by atoms with E-state index in [4.69, 9.17) is 0 Å². The molecule has 0 nitrogen and oxygen atoms in total. The molecule has 0 radical (unpaired) electrons. The van der Waals surface area contributed by atoms with Gasteiger partial charge in [-0.1, -0.05) is 0 Å². The molecule has 0 heterocycles. The van der Waals surface area contributed by atoms with Gasteiger partial charge < -0.3 is 74.4 Å². The van der Waals surface area contributed by atoms with Gasteiger partial charge in [0.15, 0.2) is 0 Å². The third-order valence-electron chi connectivity index (χ3n) is 0. The van der Waals surface area contributed by atoms with Crippen molar-refractivity contribution in [2.45, 2.75) is 0 Å². The normalized spacial score (nSPS) is 0. The summed E-state index contributed by atoms with van der Waals surface area (Å²) in [5, 5.41) is 0. The Morgan fingerprint density at radius 1 is 0.333 bits per heavy atom. The molecule has 0 aromatic carbocycles. The van der Waals surface area contributed by atoms with Gasteiger partial charge in [0.25, 0.3) is 0 Å². The molecule has 0 aliphatic carbocycles. The molecule has 0 amide bonds. The number of hydrogen-bond acceptors (Lipinski definition) is 0. The van der Waals surface area contributed by atoms with Crippen molar-refractivity contribution in [2.24, 2.45) is 0 Å². The molecule has 0 aromatic rings. The largest absolute Gasteiger partial charge is 3.00 e. The predicted octanol–water partition coefficient (Wildman–Crippen LogP) is -18.3. The molecule has 0 rings (SSSR count). The van der Waals surface area contributed by atoms with Crippen LogP contribution in [-0.4, -0.2) is 34.7 Å². The van der Waals surface area contributed by atoms with Crippen molar-refractivity contribution in [3.05, 3.63) is 0 Å². The first-order valence-corrected chi connectivity index (χ1v) is 0. The van der Waals surface area contributed by atoms with Gasteiger partial charge in [-0.25, -0.2) is 0 Å². The zero-order chi connectivity index (χ0) is 0. The molecule has 0 aliphatic heterocycles. The first-order valence-electron chi connectivity index (χ1n) is 0. The summed E-state index contributed by atoms with van der Waals surface area (Å²) in [5.41, 5.74) is 0. The van der Waals surface area contributed by atoms with Gasteiger partial charge in [-0.3, -0.25) is 0 Å². The fourth-order valence-corrected chi connectivity index (χ4v) is 0. The SMILES string of the molecule is Cl.[Al+3].[Al+3].[Cl-].[Cl-].[Cl-].[Cl-].[Cl-].[Cl-]. The Morgan fingerprint density at radius 3 is 0.333 bits per heavy atom. The van der Waals surface area contributed by atoms with Crippen LogP contribution >= 0.6 is 12.4 Å². The molecule has 0 spiro atoms. The van der Waals surface area contributed by atoms with Crippen LogP contribution in [0, 0.1) is 0 Å². The Morgan fingerprint density at radius 2 is 0.333 bits per heavy atom. The van der Waals surface area contributed by atoms with E-state index in [0.717, 1.165) is 0 Å². The van der Waals surface area contributed by atoms with E-state index < -0.39 is 0 Å². The minimum Gasteiger partial charge on any atom is -1.00 e. The standard InChI is InChI=1S/2Al.7ClH/h;;7*1H/q2*+3;;;;;;;/p-6. The first kappa shape index (κ1) is 155. The maximum absolute atomic E-state index is 0. The summed E-state index contributed by atoms with van der Waals surface area (Å²) in [4.78, 5) is 0. The third-order valence-corrected chi connectivity index (χ3v) is 0. The molecule has 9 heavy (non-hydrogen) atoms. The Balaban J connectivity index is 0. The minimum absolute atomic E-state index is 0. The average molecular weight is 303 g/mol. The first-order chi connectivity index (χ1) is 0. The summed E-state index contributed by atoms with van der Waals surface area (Å²) < 4.78 is 0. The van der Waals surface area contributed by atoms with Crippen LogP contribution < -0.4 is 74.4 Å². The molecule has 0 saturated heterocycles. The molecule has 56 valence electrons. The quantitative estimate of drug-likeness (QED) is 0.390. The van der Waals surface area contributed by atoms with E-state index in [1.54, 1.807) is 0 Å². The van der Waals surface area contributed by atoms with Crippen molar-refractivity contribution in [2.75, 3.05) is 0 Å². The van der Waals surface area contributed by atoms with Crippen molar-refractivity contribution in [1.82, 2.24) is 0 Å². The number of rotatable bonds is 0. The van der Waals surface area contributed by atoms with Gasteiger partial charge in [-0.05, 0) is 0 Å². The van der Waals surface area contributed by atoms with Gasteiger partial charge >= 0.3 is 34.7 Å². The Bertz CT molecular complexity index is 6.88. The predicted molar refractivity (Wildman–Crippen MR) is 18.8 cm³/mol. The molecule has 0 N–H and O–H groups in total. The Labute approximate surface area is 120 Å². The molecule has 0 aromatic heterocycles. The molecule has 0 fully saturated rings. The van der Waals surface area contributed by atoms with Gasteiger partial charge in [0.1, 0.15) is 0 Å². The smallest absolute Gasteiger partial charge is 1.00 e. The van der Waals surface area contributed by atoms with Crippen LogP contribution in [0.5, 0.6) is 0 Å². The van der Waals surface area contributed by atoms with E-state index in [9.17, 15) is 0 Å². The van der Waals surface area contributed by atoms with Gasteiger partial charge in [0, 0.05) is 0 Å². The van der Waals surface area contributed by atoms with Crippen molar-refractivity contribution in [3.8, 4) is 0 Å². The summed E-state index contributed by atoms with van der Waals surface area (Å²) >= 11 is 0. The zero-order valence-electron chi connectivity index (χ0n) is 3.83. The van der Waals surface area contributed by atoms with Crippen LogP contribution in [-0.2, 0) is 0 Å². The number of hydrogen-bond donors (Lipinski definition) is 0. The van der Waals surface area contributed by atoms with Crippen molar-refractivity contribution in [3.63, 3.8) is 0 Å². The van der Waals surface area contributed by atoms with E-state index >= 15 is 0 Å². The maximum atomic E-state index is 0. The molecule has 0 bridgehead atoms. The second-order valence-corrected chi connectivity index (χ2v) is 0. The summed E-state index contributed by atoms with van der Waals surface area (Å²) in [5.74, 6) is 0. The van der Waals surface area contributed by atoms with Crippen LogP contribution in [0.3, 0.4) is 0 Å². The van der Waals surface area contributed by atoms with Crippen molar-refractivity contribution in [1.29, 1.82) is 0 Å². The minimum atomic E-state index is 0. The molecule has 0 unspecified atom stereocenters. The van der Waals surface area contributed by atoms with E-state index in [1.807, 2.05) is 0 Å². The second-order valence-electron chi connectivity index (χ2n) is 0. The van der Waals surface area contributed by atoms with Gasteiger partial charge in [-0.15, -0.1) is 12.4 Å². The molecule has 0 aliphatic rings. The summed E-state index contributed by atoms with van der Waals surface area (Å²) in [6.07, 6.45) is 0. The van der Waals surface area contributed by atoms with Gasteiger partial charge in [0.05, 0.1) is 0 Å². The molecule has 0 saturated carbocycles.